The second-order valence-electron chi connectivity index (χ2n) is 9.94. The standard InChI is InChI=1S/C27H28F4N8/c1-2-37-7-9-38(10-8-37)15-16-3-5-22(32-13-16)34-27-33-14-19(29)24(36-27)17-11-18(28)25-21(12-17)39-20(26(30)31)4-6-23(39)35-25/h3,5,11-14,20,26H,2,4,6-10,15H2,1H3,(H,32,33,34,36)/t20-/m0/s1. The fourth-order valence-electron chi connectivity index (χ4n) is 5.39. The molecule has 2 aliphatic rings. The molecular formula is C27H28F4N8. The molecule has 0 bridgehead atoms. The maximum atomic E-state index is 15.0. The van der Waals surface area contributed by atoms with Crippen LogP contribution in [0, 0.1) is 11.6 Å². The molecule has 3 aromatic heterocycles. The third kappa shape index (κ3) is 5.06. The molecule has 5 heterocycles. The van der Waals surface area contributed by atoms with Crippen molar-refractivity contribution in [2.75, 3.05) is 38.0 Å². The SMILES string of the molecule is CCN1CCN(Cc2ccc(Nc3ncc(F)c(-c4cc(F)c5nc6n(c5c4)[C@H](C(F)F)CC6)n3)nc2)CC1. The van der Waals surface area contributed by atoms with E-state index in [9.17, 15) is 17.6 Å². The van der Waals surface area contributed by atoms with Crippen molar-refractivity contribution in [1.82, 2.24) is 34.3 Å². The smallest absolute Gasteiger partial charge is 0.259 e. The highest BCUT2D eigenvalue weighted by atomic mass is 19.3. The van der Waals surface area contributed by atoms with E-state index in [4.69, 9.17) is 0 Å². The van der Waals surface area contributed by atoms with Crippen molar-refractivity contribution in [3.8, 4) is 11.3 Å². The molecule has 8 nitrogen and oxygen atoms in total. The highest BCUT2D eigenvalue weighted by molar-refractivity contribution is 5.83. The normalized spacial score (nSPS) is 18.3. The lowest BCUT2D eigenvalue weighted by Gasteiger charge is -2.33. The van der Waals surface area contributed by atoms with Crippen LogP contribution in [0.4, 0.5) is 29.3 Å². The molecule has 0 aliphatic carbocycles. The lowest BCUT2D eigenvalue weighted by molar-refractivity contribution is 0.0883. The number of aromatic nitrogens is 5. The van der Waals surface area contributed by atoms with Crippen LogP contribution in [0.2, 0.25) is 0 Å². The summed E-state index contributed by atoms with van der Waals surface area (Å²) in [7, 11) is 0. The van der Waals surface area contributed by atoms with Crippen LogP contribution >= 0.6 is 0 Å². The van der Waals surface area contributed by atoms with Gasteiger partial charge < -0.3 is 14.8 Å². The molecule has 0 saturated carbocycles. The molecule has 1 atom stereocenters. The van der Waals surface area contributed by atoms with Crippen molar-refractivity contribution in [3.05, 3.63) is 59.7 Å². The number of piperazine rings is 1. The molecule has 1 saturated heterocycles. The number of pyridine rings is 1. The summed E-state index contributed by atoms with van der Waals surface area (Å²) < 4.78 is 58.4. The van der Waals surface area contributed by atoms with Crippen molar-refractivity contribution >= 4 is 22.8 Å². The number of benzene rings is 1. The Hall–Kier alpha value is -3.64. The molecule has 6 rings (SSSR count). The van der Waals surface area contributed by atoms with Gasteiger partial charge in [0.25, 0.3) is 6.43 Å². The maximum Gasteiger partial charge on any atom is 0.259 e. The Morgan fingerprint density at radius 3 is 2.49 bits per heavy atom. The van der Waals surface area contributed by atoms with Crippen LogP contribution in [0.15, 0.2) is 36.7 Å². The molecule has 1 fully saturated rings. The van der Waals surface area contributed by atoms with E-state index in [0.29, 0.717) is 18.1 Å². The van der Waals surface area contributed by atoms with Crippen molar-refractivity contribution in [2.45, 2.75) is 38.8 Å². The van der Waals surface area contributed by atoms with E-state index in [0.717, 1.165) is 57.1 Å². The van der Waals surface area contributed by atoms with E-state index in [-0.39, 0.29) is 34.7 Å². The first-order chi connectivity index (χ1) is 18.9. The predicted octanol–water partition coefficient (Wildman–Crippen LogP) is 4.80. The second-order valence-corrected chi connectivity index (χ2v) is 9.94. The zero-order valence-electron chi connectivity index (χ0n) is 21.4. The summed E-state index contributed by atoms with van der Waals surface area (Å²) >= 11 is 0. The molecule has 0 amide bonds. The third-order valence-electron chi connectivity index (χ3n) is 7.51. The zero-order chi connectivity index (χ0) is 27.1. The summed E-state index contributed by atoms with van der Waals surface area (Å²) in [6.07, 6.45) is 0.698. The van der Waals surface area contributed by atoms with E-state index in [1.807, 2.05) is 6.07 Å². The maximum absolute atomic E-state index is 15.0. The number of nitrogens with zero attached hydrogens (tertiary/aromatic N) is 7. The number of fused-ring (bicyclic) bond motifs is 3. The third-order valence-corrected chi connectivity index (χ3v) is 7.51. The molecule has 2 aliphatic heterocycles. The molecule has 0 unspecified atom stereocenters. The number of anilines is 2. The summed E-state index contributed by atoms with van der Waals surface area (Å²) in [6, 6.07) is 5.25. The lowest BCUT2D eigenvalue weighted by atomic mass is 10.1. The number of imidazole rings is 1. The van der Waals surface area contributed by atoms with E-state index in [1.54, 1.807) is 12.3 Å². The van der Waals surface area contributed by atoms with Crippen molar-refractivity contribution in [3.63, 3.8) is 0 Å². The van der Waals surface area contributed by atoms with Crippen LogP contribution in [0.3, 0.4) is 0 Å². The topological polar surface area (TPSA) is 75.0 Å². The average molecular weight is 541 g/mol. The van der Waals surface area contributed by atoms with Gasteiger partial charge in [-0.25, -0.2) is 37.5 Å². The van der Waals surface area contributed by atoms with Gasteiger partial charge in [-0.15, -0.1) is 0 Å². The van der Waals surface area contributed by atoms with Gasteiger partial charge >= 0.3 is 0 Å². The fraction of sp³-hybridized carbons (Fsp3) is 0.407. The number of hydrogen-bond acceptors (Lipinski definition) is 7. The predicted molar refractivity (Wildman–Crippen MR) is 139 cm³/mol. The molecule has 1 N–H and O–H groups in total. The molecule has 1 aromatic carbocycles. The van der Waals surface area contributed by atoms with Crippen LogP contribution in [0.25, 0.3) is 22.3 Å². The number of likely N-dealkylation sites (N-methyl/N-ethyl adjacent to an activating group) is 1. The highest BCUT2D eigenvalue weighted by Crippen LogP contribution is 2.37. The summed E-state index contributed by atoms with van der Waals surface area (Å²) in [5.74, 6) is -0.542. The highest BCUT2D eigenvalue weighted by Gasteiger charge is 2.33. The summed E-state index contributed by atoms with van der Waals surface area (Å²) in [5, 5.41) is 2.97. The Morgan fingerprint density at radius 2 is 1.77 bits per heavy atom. The fourth-order valence-corrected chi connectivity index (χ4v) is 5.39. The second kappa shape index (κ2) is 10.5. The minimum absolute atomic E-state index is 0.0107. The van der Waals surface area contributed by atoms with Crippen LogP contribution < -0.4 is 5.32 Å². The van der Waals surface area contributed by atoms with Crippen LogP contribution in [-0.2, 0) is 13.0 Å². The Labute approximate surface area is 222 Å². The van der Waals surface area contributed by atoms with Gasteiger partial charge in [0.05, 0.1) is 17.8 Å². The van der Waals surface area contributed by atoms with Crippen molar-refractivity contribution in [2.24, 2.45) is 0 Å². The average Bonchev–Trinajstić information content (AvgIpc) is 3.52. The monoisotopic (exact) mass is 540 g/mol. The van der Waals surface area contributed by atoms with E-state index < -0.39 is 24.1 Å². The zero-order valence-corrected chi connectivity index (χ0v) is 21.4. The molecular weight excluding hydrogens is 512 g/mol. The first kappa shape index (κ1) is 25.6. The first-order valence-electron chi connectivity index (χ1n) is 13.1. The van der Waals surface area contributed by atoms with Gasteiger partial charge in [-0.05, 0) is 36.7 Å². The minimum atomic E-state index is -2.62. The van der Waals surface area contributed by atoms with Gasteiger partial charge in [0, 0.05) is 50.9 Å². The van der Waals surface area contributed by atoms with Gasteiger partial charge in [0.15, 0.2) is 11.6 Å². The summed E-state index contributed by atoms with van der Waals surface area (Å²) in [6.45, 7) is 8.18. The number of hydrogen-bond donors (Lipinski definition) is 1. The number of alkyl halides is 2. The largest absolute Gasteiger partial charge is 0.319 e. The molecule has 39 heavy (non-hydrogen) atoms. The number of halogens is 4. The van der Waals surface area contributed by atoms with Gasteiger partial charge in [-0.3, -0.25) is 4.90 Å². The first-order valence-corrected chi connectivity index (χ1v) is 13.1. The minimum Gasteiger partial charge on any atom is -0.319 e. The van der Waals surface area contributed by atoms with Crippen LogP contribution in [-0.4, -0.2) is 73.5 Å². The molecule has 0 radical (unpaired) electrons. The number of aryl methyl sites for hydroxylation is 1. The van der Waals surface area contributed by atoms with Crippen molar-refractivity contribution < 1.29 is 17.6 Å². The van der Waals surface area contributed by atoms with Crippen LogP contribution in [0.5, 0.6) is 0 Å². The Morgan fingerprint density at radius 1 is 0.974 bits per heavy atom. The van der Waals surface area contributed by atoms with Gasteiger partial charge in [0.1, 0.15) is 22.9 Å². The molecule has 0 spiro atoms. The molecule has 12 heteroatoms. The molecule has 204 valence electrons. The van der Waals surface area contributed by atoms with E-state index in [1.165, 1.54) is 10.6 Å². The quantitative estimate of drug-likeness (QED) is 0.338. The van der Waals surface area contributed by atoms with Gasteiger partial charge in [-0.1, -0.05) is 13.0 Å². The summed E-state index contributed by atoms with van der Waals surface area (Å²) in [5.41, 5.74) is 1.22. The van der Waals surface area contributed by atoms with E-state index in [2.05, 4.69) is 42.0 Å². The molecule has 4 aromatic rings. The Bertz CT molecular complexity index is 1480. The van der Waals surface area contributed by atoms with Crippen LogP contribution in [0.1, 0.15) is 30.8 Å². The van der Waals surface area contributed by atoms with Gasteiger partial charge in [-0.2, -0.15) is 0 Å². The Kier molecular flexibility index (Phi) is 6.90. The van der Waals surface area contributed by atoms with Crippen molar-refractivity contribution in [1.29, 1.82) is 0 Å². The van der Waals surface area contributed by atoms with Gasteiger partial charge in [0.2, 0.25) is 5.95 Å². The summed E-state index contributed by atoms with van der Waals surface area (Å²) in [4.78, 5) is 21.7. The number of nitrogens with one attached hydrogen (secondary N) is 1. The Balaban J connectivity index is 1.22. The van der Waals surface area contributed by atoms with E-state index >= 15 is 0 Å². The lowest BCUT2D eigenvalue weighted by Crippen LogP contribution is -2.45. The number of rotatable bonds is 7.